The number of halogens is 3. The van der Waals surface area contributed by atoms with Crippen LogP contribution in [0.2, 0.25) is 15.1 Å². The average molecular weight is 239 g/mol. The summed E-state index contributed by atoms with van der Waals surface area (Å²) in [5, 5.41) is 1.24. The second kappa shape index (κ2) is 3.66. The number of hydrogen-bond acceptors (Lipinski definition) is 1. The van der Waals surface area contributed by atoms with Crippen molar-refractivity contribution in [2.45, 2.75) is 19.4 Å². The SMILES string of the molecule is CC(C)(N)c1cc(Cl)c(Cl)c(Cl)c1. The van der Waals surface area contributed by atoms with Crippen LogP contribution in [0.5, 0.6) is 0 Å². The van der Waals surface area contributed by atoms with Crippen LogP contribution in [0.4, 0.5) is 0 Å². The zero-order chi connectivity index (χ0) is 10.2. The zero-order valence-corrected chi connectivity index (χ0v) is 9.63. The first-order chi connectivity index (χ1) is 5.82. The molecule has 0 saturated carbocycles. The normalized spacial score (nSPS) is 11.8. The number of rotatable bonds is 1. The molecule has 0 heterocycles. The molecule has 2 N–H and O–H groups in total. The van der Waals surface area contributed by atoms with E-state index in [1.807, 2.05) is 13.8 Å². The van der Waals surface area contributed by atoms with E-state index >= 15 is 0 Å². The lowest BCUT2D eigenvalue weighted by Gasteiger charge is -2.20. The molecule has 72 valence electrons. The fraction of sp³-hybridized carbons (Fsp3) is 0.333. The molecule has 1 rings (SSSR count). The minimum Gasteiger partial charge on any atom is -0.322 e. The molecule has 0 fully saturated rings. The van der Waals surface area contributed by atoms with Crippen molar-refractivity contribution in [1.29, 1.82) is 0 Å². The maximum Gasteiger partial charge on any atom is 0.0778 e. The van der Waals surface area contributed by atoms with Crippen molar-refractivity contribution in [2.75, 3.05) is 0 Å². The molecule has 0 atom stereocenters. The van der Waals surface area contributed by atoms with E-state index < -0.39 is 5.54 Å². The molecule has 13 heavy (non-hydrogen) atoms. The van der Waals surface area contributed by atoms with Crippen molar-refractivity contribution in [3.8, 4) is 0 Å². The molecule has 0 amide bonds. The first-order valence-corrected chi connectivity index (χ1v) is 4.89. The van der Waals surface area contributed by atoms with Gasteiger partial charge < -0.3 is 5.73 Å². The molecule has 0 bridgehead atoms. The third-order valence-electron chi connectivity index (χ3n) is 1.73. The fourth-order valence-corrected chi connectivity index (χ4v) is 1.52. The zero-order valence-electron chi connectivity index (χ0n) is 7.37. The van der Waals surface area contributed by atoms with Gasteiger partial charge in [0, 0.05) is 5.54 Å². The van der Waals surface area contributed by atoms with Crippen molar-refractivity contribution in [1.82, 2.24) is 0 Å². The maximum atomic E-state index is 5.88. The summed E-state index contributed by atoms with van der Waals surface area (Å²) in [5.74, 6) is 0. The summed E-state index contributed by atoms with van der Waals surface area (Å²) in [6.45, 7) is 3.76. The highest BCUT2D eigenvalue weighted by molar-refractivity contribution is 6.48. The van der Waals surface area contributed by atoms with Gasteiger partial charge in [-0.15, -0.1) is 0 Å². The highest BCUT2D eigenvalue weighted by Crippen LogP contribution is 2.33. The molecule has 1 nitrogen and oxygen atoms in total. The Hall–Kier alpha value is 0.0500. The molecule has 4 heteroatoms. The van der Waals surface area contributed by atoms with Crippen LogP contribution in [0.1, 0.15) is 19.4 Å². The van der Waals surface area contributed by atoms with Crippen LogP contribution in [0, 0.1) is 0 Å². The van der Waals surface area contributed by atoms with Crippen LogP contribution in [0.15, 0.2) is 12.1 Å². The lowest BCUT2D eigenvalue weighted by Crippen LogP contribution is -2.28. The summed E-state index contributed by atoms with van der Waals surface area (Å²) >= 11 is 17.5. The van der Waals surface area contributed by atoms with Crippen molar-refractivity contribution in [3.63, 3.8) is 0 Å². The molecular formula is C9H10Cl3N. The van der Waals surface area contributed by atoms with E-state index in [1.165, 1.54) is 0 Å². The Labute approximate surface area is 92.8 Å². The summed E-state index contributed by atoms with van der Waals surface area (Å²) in [5.41, 5.74) is 6.29. The van der Waals surface area contributed by atoms with Crippen LogP contribution in [0.3, 0.4) is 0 Å². The molecule has 0 unspecified atom stereocenters. The van der Waals surface area contributed by atoms with E-state index in [4.69, 9.17) is 40.5 Å². The van der Waals surface area contributed by atoms with Crippen molar-refractivity contribution in [3.05, 3.63) is 32.8 Å². The predicted molar refractivity (Wildman–Crippen MR) is 58.7 cm³/mol. The van der Waals surface area contributed by atoms with Gasteiger partial charge in [-0.25, -0.2) is 0 Å². The first kappa shape index (κ1) is 11.1. The van der Waals surface area contributed by atoms with E-state index in [0.717, 1.165) is 5.56 Å². The Balaban J connectivity index is 3.29. The Morgan fingerprint density at radius 3 is 1.77 bits per heavy atom. The number of benzene rings is 1. The Kier molecular flexibility index (Phi) is 3.13. The quantitative estimate of drug-likeness (QED) is 0.739. The summed E-state index contributed by atoms with van der Waals surface area (Å²) in [6.07, 6.45) is 0. The minimum atomic E-state index is -0.460. The van der Waals surface area contributed by atoms with E-state index in [1.54, 1.807) is 12.1 Å². The Bertz CT molecular complexity index is 305. The lowest BCUT2D eigenvalue weighted by molar-refractivity contribution is 0.554. The van der Waals surface area contributed by atoms with E-state index in [-0.39, 0.29) is 0 Å². The molecule has 1 aromatic rings. The van der Waals surface area contributed by atoms with Gasteiger partial charge in [-0.2, -0.15) is 0 Å². The van der Waals surface area contributed by atoms with Gasteiger partial charge in [-0.05, 0) is 31.5 Å². The average Bonchev–Trinajstić information content (AvgIpc) is 1.97. The highest BCUT2D eigenvalue weighted by Gasteiger charge is 2.17. The van der Waals surface area contributed by atoms with Gasteiger partial charge in [0.1, 0.15) is 0 Å². The third kappa shape index (κ3) is 2.50. The van der Waals surface area contributed by atoms with Crippen molar-refractivity contribution < 1.29 is 0 Å². The standard InChI is InChI=1S/C9H10Cl3N/c1-9(2,13)5-3-6(10)8(12)7(11)4-5/h3-4H,13H2,1-2H3. The molecule has 0 radical (unpaired) electrons. The molecule has 0 aliphatic rings. The molecule has 0 aliphatic heterocycles. The van der Waals surface area contributed by atoms with Crippen LogP contribution in [-0.4, -0.2) is 0 Å². The van der Waals surface area contributed by atoms with Gasteiger partial charge in [-0.1, -0.05) is 34.8 Å². The maximum absolute atomic E-state index is 5.88. The topological polar surface area (TPSA) is 26.0 Å². The van der Waals surface area contributed by atoms with E-state index in [2.05, 4.69) is 0 Å². The third-order valence-corrected chi connectivity index (χ3v) is 2.92. The number of hydrogen-bond donors (Lipinski definition) is 1. The molecule has 0 spiro atoms. The van der Waals surface area contributed by atoms with E-state index in [0.29, 0.717) is 15.1 Å². The molecule has 0 saturated heterocycles. The van der Waals surface area contributed by atoms with Gasteiger partial charge in [0.2, 0.25) is 0 Å². The Morgan fingerprint density at radius 1 is 1.08 bits per heavy atom. The first-order valence-electron chi connectivity index (χ1n) is 3.76. The summed E-state index contributed by atoms with van der Waals surface area (Å²) < 4.78 is 0. The summed E-state index contributed by atoms with van der Waals surface area (Å²) in [4.78, 5) is 0. The second-order valence-electron chi connectivity index (χ2n) is 3.48. The van der Waals surface area contributed by atoms with Crippen molar-refractivity contribution in [2.24, 2.45) is 5.73 Å². The fourth-order valence-electron chi connectivity index (χ4n) is 0.928. The Morgan fingerprint density at radius 2 is 1.46 bits per heavy atom. The van der Waals surface area contributed by atoms with E-state index in [9.17, 15) is 0 Å². The largest absolute Gasteiger partial charge is 0.322 e. The molecule has 0 aliphatic carbocycles. The molecular weight excluding hydrogens is 228 g/mol. The monoisotopic (exact) mass is 237 g/mol. The van der Waals surface area contributed by atoms with Crippen LogP contribution < -0.4 is 5.73 Å². The van der Waals surface area contributed by atoms with Crippen LogP contribution >= 0.6 is 34.8 Å². The van der Waals surface area contributed by atoms with Gasteiger partial charge in [0.05, 0.1) is 15.1 Å². The predicted octanol–water partition coefficient (Wildman–Crippen LogP) is 3.84. The van der Waals surface area contributed by atoms with Crippen LogP contribution in [-0.2, 0) is 5.54 Å². The number of nitrogens with two attached hydrogens (primary N) is 1. The molecule has 1 aromatic carbocycles. The minimum absolute atomic E-state index is 0.372. The smallest absolute Gasteiger partial charge is 0.0778 e. The summed E-state index contributed by atoms with van der Waals surface area (Å²) in [7, 11) is 0. The van der Waals surface area contributed by atoms with Gasteiger partial charge in [0.15, 0.2) is 0 Å². The van der Waals surface area contributed by atoms with Crippen LogP contribution in [0.25, 0.3) is 0 Å². The molecule has 0 aromatic heterocycles. The highest BCUT2D eigenvalue weighted by atomic mass is 35.5. The van der Waals surface area contributed by atoms with Gasteiger partial charge in [-0.3, -0.25) is 0 Å². The lowest BCUT2D eigenvalue weighted by atomic mass is 9.96. The van der Waals surface area contributed by atoms with Crippen molar-refractivity contribution >= 4 is 34.8 Å². The van der Waals surface area contributed by atoms with Gasteiger partial charge in [0.25, 0.3) is 0 Å². The van der Waals surface area contributed by atoms with Gasteiger partial charge >= 0.3 is 0 Å². The summed E-state index contributed by atoms with van der Waals surface area (Å²) in [6, 6.07) is 3.46. The second-order valence-corrected chi connectivity index (χ2v) is 4.67.